The maximum absolute atomic E-state index is 12.4. The number of allylic oxidation sites excluding steroid dienone is 4. The van der Waals surface area contributed by atoms with Crippen molar-refractivity contribution in [2.24, 2.45) is 0 Å². The maximum Gasteiger partial charge on any atom is 0.339 e. The fourth-order valence-corrected chi connectivity index (χ4v) is 4.40. The first-order valence-electron chi connectivity index (χ1n) is 11.0. The summed E-state index contributed by atoms with van der Waals surface area (Å²) in [7, 11) is 0. The molecule has 0 atom stereocenters. The van der Waals surface area contributed by atoms with E-state index in [9.17, 15) is 29.7 Å². The van der Waals surface area contributed by atoms with Gasteiger partial charge in [0.05, 0.1) is 5.02 Å². The number of carboxylic acids is 2. The van der Waals surface area contributed by atoms with Crippen molar-refractivity contribution in [1.82, 2.24) is 0 Å². The van der Waals surface area contributed by atoms with Crippen LogP contribution in [0.3, 0.4) is 0 Å². The van der Waals surface area contributed by atoms with Gasteiger partial charge >= 0.3 is 11.9 Å². The molecule has 1 aliphatic rings. The van der Waals surface area contributed by atoms with Crippen molar-refractivity contribution >= 4 is 40.6 Å². The van der Waals surface area contributed by atoms with E-state index in [1.807, 2.05) is 19.9 Å². The second-order valence-electron chi connectivity index (χ2n) is 8.18. The van der Waals surface area contributed by atoms with E-state index in [2.05, 4.69) is 4.90 Å². The first kappa shape index (κ1) is 25.8. The number of rotatable bonds is 7. The van der Waals surface area contributed by atoms with Crippen LogP contribution in [0.4, 0.5) is 5.69 Å². The second kappa shape index (κ2) is 10.2. The predicted octanol–water partition coefficient (Wildman–Crippen LogP) is 5.24. The summed E-state index contributed by atoms with van der Waals surface area (Å²) in [5.74, 6) is -3.64. The molecule has 182 valence electrons. The van der Waals surface area contributed by atoms with Gasteiger partial charge in [0.2, 0.25) is 0 Å². The number of nitrogens with zero attached hydrogens (tertiary/aromatic N) is 1. The summed E-state index contributed by atoms with van der Waals surface area (Å²) >= 11 is 6.74. The number of aromatic hydroxyl groups is 1. The van der Waals surface area contributed by atoms with Crippen molar-refractivity contribution in [3.8, 4) is 5.75 Å². The number of carboxylic acid groups (broad SMARTS) is 2. The number of aromatic carboxylic acids is 1. The van der Waals surface area contributed by atoms with E-state index in [1.54, 1.807) is 31.2 Å². The normalized spacial score (nSPS) is 14.8. The van der Waals surface area contributed by atoms with Gasteiger partial charge in [-0.25, -0.2) is 9.59 Å². The number of ketones is 1. The van der Waals surface area contributed by atoms with Crippen LogP contribution < -0.4 is 4.90 Å². The lowest BCUT2D eigenvalue weighted by atomic mass is 9.85. The fraction of sp³-hybridized carbons (Fsp3) is 0.222. The van der Waals surface area contributed by atoms with E-state index in [4.69, 9.17) is 11.6 Å². The van der Waals surface area contributed by atoms with Crippen LogP contribution in [0.1, 0.15) is 47.8 Å². The molecule has 0 aliphatic heterocycles. The molecule has 3 N–H and O–H groups in total. The summed E-state index contributed by atoms with van der Waals surface area (Å²) in [6.07, 6.45) is 2.83. The van der Waals surface area contributed by atoms with Crippen molar-refractivity contribution in [1.29, 1.82) is 0 Å². The van der Waals surface area contributed by atoms with E-state index in [-0.39, 0.29) is 16.9 Å². The predicted molar refractivity (Wildman–Crippen MR) is 135 cm³/mol. The second-order valence-corrected chi connectivity index (χ2v) is 8.59. The monoisotopic (exact) mass is 495 g/mol. The van der Waals surface area contributed by atoms with Gasteiger partial charge in [-0.05, 0) is 92.0 Å². The average molecular weight is 496 g/mol. The quantitative estimate of drug-likeness (QED) is 0.450. The highest BCUT2D eigenvalue weighted by Gasteiger charge is 2.26. The molecule has 0 bridgehead atoms. The minimum Gasteiger partial charge on any atom is -0.507 e. The Labute approximate surface area is 208 Å². The highest BCUT2D eigenvalue weighted by Crippen LogP contribution is 2.39. The summed E-state index contributed by atoms with van der Waals surface area (Å²) in [4.78, 5) is 38.1. The molecule has 3 rings (SSSR count). The van der Waals surface area contributed by atoms with E-state index < -0.39 is 23.3 Å². The zero-order chi connectivity index (χ0) is 26.0. The Kier molecular flexibility index (Phi) is 7.51. The lowest BCUT2D eigenvalue weighted by molar-refractivity contribution is -0.134. The van der Waals surface area contributed by atoms with Gasteiger partial charge in [-0.1, -0.05) is 17.7 Å². The topological polar surface area (TPSA) is 115 Å². The van der Waals surface area contributed by atoms with Gasteiger partial charge in [-0.15, -0.1) is 0 Å². The Balaban J connectivity index is 2.41. The number of hydrogen-bond acceptors (Lipinski definition) is 5. The molecule has 2 aromatic rings. The number of carbonyl (C=O) groups excluding carboxylic acids is 1. The van der Waals surface area contributed by atoms with E-state index in [0.29, 0.717) is 32.9 Å². The molecule has 0 amide bonds. The SMILES string of the molecule is CCN(CC)c1ccc(C(=C2C=C(C)C(=O)C(C(=O)O)=C2)c2cc(C)c(O)c(C(=O)O)c2)c(Cl)c1. The van der Waals surface area contributed by atoms with Gasteiger partial charge in [-0.2, -0.15) is 0 Å². The standard InChI is InChI=1S/C27H26ClNO6/c1-5-29(6-2)18-7-8-19(22(28)13-18)23(16-9-14(3)24(30)20(11-16)26(32)33)17-10-15(4)25(31)21(12-17)27(34)35/h7-13,30H,5-6H2,1-4H3,(H,32,33)(H,34,35). The summed E-state index contributed by atoms with van der Waals surface area (Å²) in [5, 5.41) is 29.9. The Hall–Kier alpha value is -3.84. The number of benzene rings is 2. The largest absolute Gasteiger partial charge is 0.507 e. The van der Waals surface area contributed by atoms with Crippen LogP contribution in [0.25, 0.3) is 5.57 Å². The molecule has 0 unspecified atom stereocenters. The van der Waals surface area contributed by atoms with E-state index in [0.717, 1.165) is 18.8 Å². The number of halogens is 1. The Morgan fingerprint density at radius 1 is 0.943 bits per heavy atom. The number of Topliss-reactive ketones (excluding diaryl/α,β-unsaturated/α-hetero) is 1. The van der Waals surface area contributed by atoms with E-state index in [1.165, 1.54) is 19.1 Å². The van der Waals surface area contributed by atoms with Crippen molar-refractivity contribution in [2.45, 2.75) is 27.7 Å². The summed E-state index contributed by atoms with van der Waals surface area (Å²) in [5.41, 5.74) is 2.50. The Bertz CT molecular complexity index is 1330. The third-order valence-electron chi connectivity index (χ3n) is 5.96. The molecule has 2 aromatic carbocycles. The van der Waals surface area contributed by atoms with Crippen molar-refractivity contribution in [3.63, 3.8) is 0 Å². The van der Waals surface area contributed by atoms with Crippen LogP contribution in [0, 0.1) is 6.92 Å². The molecule has 1 aliphatic carbocycles. The van der Waals surface area contributed by atoms with Crippen molar-refractivity contribution < 1.29 is 29.7 Å². The van der Waals surface area contributed by atoms with Gasteiger partial charge in [0.1, 0.15) is 16.9 Å². The number of anilines is 1. The summed E-state index contributed by atoms with van der Waals surface area (Å²) in [6.45, 7) is 8.68. The van der Waals surface area contributed by atoms with Crippen molar-refractivity contribution in [2.75, 3.05) is 18.0 Å². The molecule has 0 aromatic heterocycles. The molecule has 35 heavy (non-hydrogen) atoms. The smallest absolute Gasteiger partial charge is 0.339 e. The fourth-order valence-electron chi connectivity index (χ4n) is 4.13. The molecule has 0 radical (unpaired) electrons. The van der Waals surface area contributed by atoms with Crippen molar-refractivity contribution in [3.05, 3.63) is 86.5 Å². The van der Waals surface area contributed by atoms with Crippen LogP contribution in [0.15, 0.2) is 59.2 Å². The van der Waals surface area contributed by atoms with Crippen LogP contribution in [0.5, 0.6) is 5.75 Å². The Morgan fingerprint density at radius 2 is 1.60 bits per heavy atom. The van der Waals surface area contributed by atoms with Gasteiger partial charge in [0.15, 0.2) is 5.78 Å². The van der Waals surface area contributed by atoms with Crippen LogP contribution in [0.2, 0.25) is 5.02 Å². The molecule has 0 heterocycles. The van der Waals surface area contributed by atoms with Gasteiger partial charge in [0, 0.05) is 24.3 Å². The lowest BCUT2D eigenvalue weighted by Gasteiger charge is -2.23. The van der Waals surface area contributed by atoms with Crippen LogP contribution in [-0.2, 0) is 9.59 Å². The van der Waals surface area contributed by atoms with Gasteiger partial charge in [0.25, 0.3) is 0 Å². The number of phenols is 1. The van der Waals surface area contributed by atoms with Gasteiger partial charge in [-0.3, -0.25) is 4.79 Å². The molecule has 0 saturated carbocycles. The Morgan fingerprint density at radius 3 is 2.14 bits per heavy atom. The first-order chi connectivity index (χ1) is 16.5. The lowest BCUT2D eigenvalue weighted by Crippen LogP contribution is -2.21. The molecule has 7 nitrogen and oxygen atoms in total. The molecule has 0 spiro atoms. The third-order valence-corrected chi connectivity index (χ3v) is 6.28. The van der Waals surface area contributed by atoms with Crippen LogP contribution >= 0.6 is 11.6 Å². The maximum atomic E-state index is 12.4. The highest BCUT2D eigenvalue weighted by molar-refractivity contribution is 6.33. The zero-order valence-electron chi connectivity index (χ0n) is 19.8. The molecule has 0 fully saturated rings. The molecule has 0 saturated heterocycles. The minimum atomic E-state index is -1.37. The van der Waals surface area contributed by atoms with Gasteiger partial charge < -0.3 is 20.2 Å². The number of aryl methyl sites for hydroxylation is 1. The average Bonchev–Trinajstić information content (AvgIpc) is 2.80. The number of hydrogen-bond donors (Lipinski definition) is 3. The summed E-state index contributed by atoms with van der Waals surface area (Å²) in [6, 6.07) is 8.38. The zero-order valence-corrected chi connectivity index (χ0v) is 20.6. The van der Waals surface area contributed by atoms with Crippen LogP contribution in [-0.4, -0.2) is 46.1 Å². The molecule has 8 heteroatoms. The van der Waals surface area contributed by atoms with E-state index >= 15 is 0 Å². The number of aliphatic carboxylic acids is 1. The molecular weight excluding hydrogens is 470 g/mol. The highest BCUT2D eigenvalue weighted by atomic mass is 35.5. The summed E-state index contributed by atoms with van der Waals surface area (Å²) < 4.78 is 0. The minimum absolute atomic E-state index is 0.224. The first-order valence-corrected chi connectivity index (χ1v) is 11.4. The third kappa shape index (κ3) is 5.00. The molecular formula is C27H26ClNO6. The number of carbonyl (C=O) groups is 3.